The summed E-state index contributed by atoms with van der Waals surface area (Å²) in [4.78, 5) is 41.2. The largest absolute Gasteiger partial charge is 0.496 e. The molecule has 0 aliphatic carbocycles. The molecule has 1 saturated heterocycles. The Morgan fingerprint density at radius 3 is 2.54 bits per heavy atom. The van der Waals surface area contributed by atoms with E-state index in [9.17, 15) is 14.4 Å². The summed E-state index contributed by atoms with van der Waals surface area (Å²) in [5, 5.41) is 4.72. The van der Waals surface area contributed by atoms with E-state index in [1.807, 2.05) is 57.2 Å². The molecule has 2 aromatic rings. The first-order valence-corrected chi connectivity index (χ1v) is 13.2. The van der Waals surface area contributed by atoms with E-state index in [4.69, 9.17) is 18.9 Å². The normalized spacial score (nSPS) is 25.1. The molecule has 0 saturated carbocycles. The third-order valence-electron chi connectivity index (χ3n) is 7.61. The number of alkyl carbamates (subject to hydrolysis) is 1. The van der Waals surface area contributed by atoms with Crippen LogP contribution in [-0.2, 0) is 29.4 Å². The van der Waals surface area contributed by atoms with Gasteiger partial charge in [-0.1, -0.05) is 45.1 Å². The molecular weight excluding hydrogens is 500 g/mol. The van der Waals surface area contributed by atoms with Gasteiger partial charge in [0, 0.05) is 19.1 Å². The monoisotopic (exact) mass is 538 g/mol. The first-order chi connectivity index (χ1) is 18.5. The van der Waals surface area contributed by atoms with Crippen LogP contribution in [0.1, 0.15) is 51.2 Å². The molecule has 2 aromatic carbocycles. The number of hydrogen-bond donors (Lipinski definition) is 1. The highest BCUT2D eigenvalue weighted by molar-refractivity contribution is 5.92. The lowest BCUT2D eigenvalue weighted by molar-refractivity contribution is -0.152. The van der Waals surface area contributed by atoms with Gasteiger partial charge in [-0.3, -0.25) is 4.79 Å². The number of cyclic esters (lactones) is 1. The van der Waals surface area contributed by atoms with Crippen molar-refractivity contribution >= 4 is 34.8 Å². The van der Waals surface area contributed by atoms with Crippen LogP contribution in [0, 0.1) is 5.41 Å². The van der Waals surface area contributed by atoms with Crippen molar-refractivity contribution in [2.75, 3.05) is 34.5 Å². The lowest BCUT2D eigenvalue weighted by Gasteiger charge is -2.35. The number of nitrogens with zero attached hydrogens (tertiary/aromatic N) is 1. The fraction of sp³-hybridized carbons (Fsp3) is 0.500. The van der Waals surface area contributed by atoms with Gasteiger partial charge in [0.05, 0.1) is 27.4 Å². The highest BCUT2D eigenvalue weighted by atomic mass is 16.5. The van der Waals surface area contributed by atoms with Gasteiger partial charge in [-0.2, -0.15) is 0 Å². The predicted molar refractivity (Wildman–Crippen MR) is 147 cm³/mol. The summed E-state index contributed by atoms with van der Waals surface area (Å²) in [6, 6.07) is 8.20. The Kier molecular flexibility index (Phi) is 8.20. The molecule has 9 heteroatoms. The van der Waals surface area contributed by atoms with Gasteiger partial charge < -0.3 is 29.2 Å². The number of carbonyl (C=O) groups is 3. The number of fused-ring (bicyclic) bond motifs is 5. The third-order valence-corrected chi connectivity index (χ3v) is 7.61. The van der Waals surface area contributed by atoms with Gasteiger partial charge in [0.1, 0.15) is 23.4 Å². The van der Waals surface area contributed by atoms with E-state index in [-0.39, 0.29) is 19.6 Å². The zero-order chi connectivity index (χ0) is 28.4. The Morgan fingerprint density at radius 1 is 1.10 bits per heavy atom. The highest BCUT2D eigenvalue weighted by Gasteiger charge is 2.53. The first kappa shape index (κ1) is 28.4. The molecule has 2 aliphatic rings. The van der Waals surface area contributed by atoms with Crippen LogP contribution in [0.15, 0.2) is 36.4 Å². The van der Waals surface area contributed by atoms with E-state index in [2.05, 4.69) is 11.4 Å². The van der Waals surface area contributed by atoms with Crippen molar-refractivity contribution in [1.82, 2.24) is 10.2 Å². The van der Waals surface area contributed by atoms with E-state index in [0.717, 1.165) is 27.6 Å². The average Bonchev–Trinajstić information content (AvgIpc) is 3.32. The molecule has 1 fully saturated rings. The quantitative estimate of drug-likeness (QED) is 0.578. The highest BCUT2D eigenvalue weighted by Crippen LogP contribution is 2.42. The summed E-state index contributed by atoms with van der Waals surface area (Å²) in [7, 11) is 4.52. The molecule has 3 atom stereocenters. The molecule has 210 valence electrons. The van der Waals surface area contributed by atoms with Crippen molar-refractivity contribution in [3.05, 3.63) is 47.5 Å². The van der Waals surface area contributed by atoms with Gasteiger partial charge in [-0.05, 0) is 52.8 Å². The standard InChI is InChI=1S/C30H38N2O7/c1-29(2,3)25-26(33)32-18-30(38-6,17-23(32)27(34)37-5)22-12-11-19-16-24(36-4)20(14-21(19)15-22)10-8-7-9-13-39-28(35)31-25/h8,10-12,14-16,23,25H,7,9,13,17-18H2,1-6H3,(H,31,35)/b10-8-/t23-,25+,30-/m0/s1. The van der Waals surface area contributed by atoms with Gasteiger partial charge in [-0.15, -0.1) is 0 Å². The molecule has 5 bridgehead atoms. The zero-order valence-electron chi connectivity index (χ0n) is 23.5. The van der Waals surface area contributed by atoms with Gasteiger partial charge in [0.2, 0.25) is 5.91 Å². The molecule has 0 unspecified atom stereocenters. The fourth-order valence-electron chi connectivity index (χ4n) is 5.36. The molecule has 2 amide bonds. The van der Waals surface area contributed by atoms with Gasteiger partial charge in [0.25, 0.3) is 0 Å². The summed E-state index contributed by atoms with van der Waals surface area (Å²) in [6.45, 7) is 5.87. The summed E-state index contributed by atoms with van der Waals surface area (Å²) in [5.41, 5.74) is 0.129. The molecule has 4 rings (SSSR count). The molecule has 0 spiro atoms. The van der Waals surface area contributed by atoms with Crippen LogP contribution in [0.5, 0.6) is 5.75 Å². The summed E-state index contributed by atoms with van der Waals surface area (Å²) < 4.78 is 22.2. The number of benzene rings is 2. The lowest BCUT2D eigenvalue weighted by atomic mass is 9.85. The van der Waals surface area contributed by atoms with Gasteiger partial charge in [-0.25, -0.2) is 9.59 Å². The number of allylic oxidation sites excluding steroid dienone is 1. The molecule has 0 radical (unpaired) electrons. The topological polar surface area (TPSA) is 103 Å². The van der Waals surface area contributed by atoms with Crippen LogP contribution in [0.25, 0.3) is 16.8 Å². The van der Waals surface area contributed by atoms with E-state index < -0.39 is 41.1 Å². The summed E-state index contributed by atoms with van der Waals surface area (Å²) in [6.07, 6.45) is 4.85. The third kappa shape index (κ3) is 5.73. The van der Waals surface area contributed by atoms with Crippen LogP contribution in [0.2, 0.25) is 0 Å². The summed E-state index contributed by atoms with van der Waals surface area (Å²) >= 11 is 0. The minimum absolute atomic E-state index is 0.111. The van der Waals surface area contributed by atoms with Crippen molar-refractivity contribution in [1.29, 1.82) is 0 Å². The number of amides is 2. The maximum absolute atomic E-state index is 14.0. The van der Waals surface area contributed by atoms with Crippen LogP contribution in [0.4, 0.5) is 4.79 Å². The Bertz CT molecular complexity index is 1280. The van der Waals surface area contributed by atoms with Crippen LogP contribution >= 0.6 is 0 Å². The van der Waals surface area contributed by atoms with Crippen LogP contribution < -0.4 is 10.1 Å². The van der Waals surface area contributed by atoms with E-state index in [1.165, 1.54) is 12.0 Å². The van der Waals surface area contributed by atoms with E-state index in [1.54, 1.807) is 14.2 Å². The Hall–Kier alpha value is -3.59. The minimum atomic E-state index is -0.965. The number of nitrogens with one attached hydrogen (secondary N) is 1. The SMILES string of the molecule is COC(=O)[C@@H]1C[C@]2(OC)CN1C(=O)[C@H](C(C)(C)C)NC(=O)OCCC/C=C\c1cc3cc2ccc3cc1OC. The van der Waals surface area contributed by atoms with Crippen molar-refractivity contribution in [3.63, 3.8) is 0 Å². The van der Waals surface area contributed by atoms with E-state index in [0.29, 0.717) is 12.8 Å². The Balaban J connectivity index is 1.86. The number of hydrogen-bond acceptors (Lipinski definition) is 7. The number of esters is 1. The number of carbonyl (C=O) groups excluding carboxylic acids is 3. The van der Waals surface area contributed by atoms with Gasteiger partial charge >= 0.3 is 12.1 Å². The molecule has 2 aliphatic heterocycles. The second-order valence-corrected chi connectivity index (χ2v) is 11.2. The van der Waals surface area contributed by atoms with Crippen LogP contribution in [0.3, 0.4) is 0 Å². The van der Waals surface area contributed by atoms with Crippen molar-refractivity contribution in [2.24, 2.45) is 5.41 Å². The molecule has 1 N–H and O–H groups in total. The predicted octanol–water partition coefficient (Wildman–Crippen LogP) is 4.41. The van der Waals surface area contributed by atoms with Crippen molar-refractivity contribution in [2.45, 2.75) is 57.7 Å². The van der Waals surface area contributed by atoms with E-state index >= 15 is 0 Å². The molecule has 39 heavy (non-hydrogen) atoms. The molecular formula is C30H38N2O7. The number of methoxy groups -OCH3 is 3. The lowest BCUT2D eigenvalue weighted by Crippen LogP contribution is -2.57. The Morgan fingerprint density at radius 2 is 1.87 bits per heavy atom. The maximum Gasteiger partial charge on any atom is 0.407 e. The van der Waals surface area contributed by atoms with Crippen LogP contribution in [-0.4, -0.2) is 69.4 Å². The van der Waals surface area contributed by atoms with Crippen molar-refractivity contribution in [3.8, 4) is 5.75 Å². The fourth-order valence-corrected chi connectivity index (χ4v) is 5.36. The zero-order valence-corrected chi connectivity index (χ0v) is 23.5. The summed E-state index contributed by atoms with van der Waals surface area (Å²) in [5.74, 6) is -0.193. The second-order valence-electron chi connectivity index (χ2n) is 11.2. The van der Waals surface area contributed by atoms with Gasteiger partial charge in [0.15, 0.2) is 0 Å². The minimum Gasteiger partial charge on any atom is -0.496 e. The molecule has 2 heterocycles. The molecule has 9 nitrogen and oxygen atoms in total. The first-order valence-electron chi connectivity index (χ1n) is 13.2. The Labute approximate surface area is 229 Å². The maximum atomic E-state index is 14.0. The molecule has 0 aromatic heterocycles. The smallest absolute Gasteiger partial charge is 0.407 e. The number of ether oxygens (including phenoxy) is 4. The number of rotatable bonds is 3. The second kappa shape index (κ2) is 11.3. The van der Waals surface area contributed by atoms with Crippen molar-refractivity contribution < 1.29 is 33.3 Å². The average molecular weight is 539 g/mol.